The van der Waals surface area contributed by atoms with Crippen LogP contribution in [0, 0.1) is 6.92 Å². The fourth-order valence-electron chi connectivity index (χ4n) is 1.87. The Hall–Kier alpha value is -2.15. The van der Waals surface area contributed by atoms with Crippen LogP contribution in [0.15, 0.2) is 16.7 Å². The Morgan fingerprint density at radius 1 is 1.55 bits per heavy atom. The second-order valence-corrected chi connectivity index (χ2v) is 5.40. The zero-order chi connectivity index (χ0) is 14.9. The lowest BCUT2D eigenvalue weighted by molar-refractivity contribution is -0.117. The first-order chi connectivity index (χ1) is 9.26. The van der Waals surface area contributed by atoms with Gasteiger partial charge in [0.25, 0.3) is 0 Å². The maximum absolute atomic E-state index is 11.0. The van der Waals surface area contributed by atoms with Crippen LogP contribution in [-0.4, -0.2) is 31.4 Å². The van der Waals surface area contributed by atoms with E-state index in [0.717, 1.165) is 5.56 Å². The molecule has 2 aromatic heterocycles. The number of hydrogen-bond donors (Lipinski definition) is 2. The first-order valence-electron chi connectivity index (χ1n) is 6.25. The maximum Gasteiger partial charge on any atom is 0.225 e. The van der Waals surface area contributed by atoms with E-state index in [1.807, 2.05) is 13.0 Å². The topological polar surface area (TPSA) is 107 Å². The predicted octanol–water partition coefficient (Wildman–Crippen LogP) is 0.645. The van der Waals surface area contributed by atoms with Crippen molar-refractivity contribution in [3.8, 4) is 11.6 Å². The SMILES string of the molecule is Cc1ccoc1-c1nc(CC(N)=O)nn1CC(C)(C)O. The Morgan fingerprint density at radius 3 is 2.75 bits per heavy atom. The van der Waals surface area contributed by atoms with E-state index in [1.54, 1.807) is 20.1 Å². The van der Waals surface area contributed by atoms with Gasteiger partial charge >= 0.3 is 0 Å². The molecule has 2 heterocycles. The zero-order valence-corrected chi connectivity index (χ0v) is 11.8. The normalized spacial score (nSPS) is 11.8. The van der Waals surface area contributed by atoms with Crippen LogP contribution in [0.5, 0.6) is 0 Å². The summed E-state index contributed by atoms with van der Waals surface area (Å²) < 4.78 is 6.93. The van der Waals surface area contributed by atoms with Crippen molar-refractivity contribution in [3.05, 3.63) is 23.7 Å². The number of nitrogens with two attached hydrogens (primary N) is 1. The number of primary amides is 1. The van der Waals surface area contributed by atoms with E-state index in [4.69, 9.17) is 10.2 Å². The molecular weight excluding hydrogens is 260 g/mol. The summed E-state index contributed by atoms with van der Waals surface area (Å²) in [4.78, 5) is 15.3. The summed E-state index contributed by atoms with van der Waals surface area (Å²) in [5.74, 6) is 0.851. The Labute approximate surface area is 116 Å². The van der Waals surface area contributed by atoms with Gasteiger partial charge in [-0.15, -0.1) is 0 Å². The second-order valence-electron chi connectivity index (χ2n) is 5.40. The number of nitrogens with zero attached hydrogens (tertiary/aromatic N) is 3. The monoisotopic (exact) mass is 278 g/mol. The Morgan fingerprint density at radius 2 is 2.25 bits per heavy atom. The molecule has 0 atom stereocenters. The fourth-order valence-corrected chi connectivity index (χ4v) is 1.87. The van der Waals surface area contributed by atoms with E-state index in [-0.39, 0.29) is 13.0 Å². The molecule has 0 saturated carbocycles. The van der Waals surface area contributed by atoms with E-state index < -0.39 is 11.5 Å². The number of amides is 1. The lowest BCUT2D eigenvalue weighted by atomic mass is 10.1. The molecule has 0 unspecified atom stereocenters. The van der Waals surface area contributed by atoms with Crippen molar-refractivity contribution in [1.29, 1.82) is 0 Å². The fraction of sp³-hybridized carbons (Fsp3) is 0.462. The molecule has 0 radical (unpaired) electrons. The third-order valence-electron chi connectivity index (χ3n) is 2.65. The van der Waals surface area contributed by atoms with Crippen LogP contribution < -0.4 is 5.73 Å². The molecule has 20 heavy (non-hydrogen) atoms. The van der Waals surface area contributed by atoms with Crippen LogP contribution in [0.25, 0.3) is 11.6 Å². The van der Waals surface area contributed by atoms with Crippen molar-refractivity contribution < 1.29 is 14.3 Å². The minimum absolute atomic E-state index is 0.0500. The number of carbonyl (C=O) groups excluding carboxylic acids is 1. The number of furan rings is 1. The average Bonchev–Trinajstić information content (AvgIpc) is 2.82. The number of aryl methyl sites for hydroxylation is 1. The van der Waals surface area contributed by atoms with Crippen molar-refractivity contribution in [2.75, 3.05) is 0 Å². The van der Waals surface area contributed by atoms with Gasteiger partial charge in [0.15, 0.2) is 17.4 Å². The molecule has 0 spiro atoms. The molecule has 7 nitrogen and oxygen atoms in total. The summed E-state index contributed by atoms with van der Waals surface area (Å²) in [5.41, 5.74) is 5.10. The van der Waals surface area contributed by atoms with E-state index in [0.29, 0.717) is 17.4 Å². The average molecular weight is 278 g/mol. The van der Waals surface area contributed by atoms with E-state index in [9.17, 15) is 9.90 Å². The largest absolute Gasteiger partial charge is 0.461 e. The minimum atomic E-state index is -0.965. The van der Waals surface area contributed by atoms with Gasteiger partial charge < -0.3 is 15.3 Å². The molecular formula is C13H18N4O3. The smallest absolute Gasteiger partial charge is 0.225 e. The highest BCUT2D eigenvalue weighted by Gasteiger charge is 2.22. The molecule has 0 fully saturated rings. The van der Waals surface area contributed by atoms with Crippen molar-refractivity contribution in [3.63, 3.8) is 0 Å². The predicted molar refractivity (Wildman–Crippen MR) is 71.7 cm³/mol. The van der Waals surface area contributed by atoms with Crippen LogP contribution in [0.1, 0.15) is 25.2 Å². The summed E-state index contributed by atoms with van der Waals surface area (Å²) in [5, 5.41) is 14.2. The molecule has 0 bridgehead atoms. The van der Waals surface area contributed by atoms with E-state index >= 15 is 0 Å². The highest BCUT2D eigenvalue weighted by Crippen LogP contribution is 2.24. The van der Waals surface area contributed by atoms with Gasteiger partial charge in [0.1, 0.15) is 0 Å². The second kappa shape index (κ2) is 5.09. The Balaban J connectivity index is 2.45. The molecule has 0 aliphatic rings. The van der Waals surface area contributed by atoms with Gasteiger partial charge in [0.2, 0.25) is 5.91 Å². The molecule has 0 aromatic carbocycles. The van der Waals surface area contributed by atoms with Crippen LogP contribution in [0.4, 0.5) is 0 Å². The van der Waals surface area contributed by atoms with Crippen LogP contribution >= 0.6 is 0 Å². The molecule has 1 amide bonds. The number of rotatable bonds is 5. The van der Waals surface area contributed by atoms with Gasteiger partial charge in [-0.3, -0.25) is 4.79 Å². The molecule has 0 aliphatic carbocycles. The minimum Gasteiger partial charge on any atom is -0.461 e. The van der Waals surface area contributed by atoms with Crippen LogP contribution in [-0.2, 0) is 17.8 Å². The van der Waals surface area contributed by atoms with Gasteiger partial charge in [-0.2, -0.15) is 5.10 Å². The van der Waals surface area contributed by atoms with Gasteiger partial charge in [0.05, 0.1) is 24.8 Å². The number of hydrogen-bond acceptors (Lipinski definition) is 5. The highest BCUT2D eigenvalue weighted by molar-refractivity contribution is 5.75. The molecule has 2 rings (SSSR count). The number of carbonyl (C=O) groups is 1. The molecule has 2 aromatic rings. The van der Waals surface area contributed by atoms with Crippen LogP contribution in [0.2, 0.25) is 0 Å². The van der Waals surface area contributed by atoms with Gasteiger partial charge in [-0.25, -0.2) is 9.67 Å². The standard InChI is InChI=1S/C13H18N4O3/c1-8-4-5-20-11(8)12-15-10(6-9(14)18)16-17(12)7-13(2,3)19/h4-5,19H,6-7H2,1-3H3,(H2,14,18). The third-order valence-corrected chi connectivity index (χ3v) is 2.65. The van der Waals surface area contributed by atoms with Crippen LogP contribution in [0.3, 0.4) is 0 Å². The summed E-state index contributed by atoms with van der Waals surface area (Å²) in [6.07, 6.45) is 1.51. The van der Waals surface area contributed by atoms with E-state index in [2.05, 4.69) is 10.1 Å². The van der Waals surface area contributed by atoms with E-state index in [1.165, 1.54) is 4.68 Å². The quantitative estimate of drug-likeness (QED) is 0.834. The number of aliphatic hydroxyl groups is 1. The zero-order valence-electron chi connectivity index (χ0n) is 11.8. The summed E-state index contributed by atoms with van der Waals surface area (Å²) >= 11 is 0. The van der Waals surface area contributed by atoms with Crippen molar-refractivity contribution in [2.24, 2.45) is 5.73 Å². The molecule has 0 aliphatic heterocycles. The molecule has 0 saturated heterocycles. The molecule has 3 N–H and O–H groups in total. The first-order valence-corrected chi connectivity index (χ1v) is 6.25. The summed E-state index contributed by atoms with van der Waals surface area (Å²) in [7, 11) is 0. The van der Waals surface area contributed by atoms with Gasteiger partial charge in [-0.1, -0.05) is 0 Å². The lowest BCUT2D eigenvalue weighted by Crippen LogP contribution is -2.27. The lowest BCUT2D eigenvalue weighted by Gasteiger charge is -2.17. The molecule has 7 heteroatoms. The molecule has 108 valence electrons. The Kier molecular flexibility index (Phi) is 3.63. The Bertz CT molecular complexity index is 622. The van der Waals surface area contributed by atoms with Crippen molar-refractivity contribution >= 4 is 5.91 Å². The number of aromatic nitrogens is 3. The van der Waals surface area contributed by atoms with Crippen molar-refractivity contribution in [2.45, 2.75) is 39.3 Å². The maximum atomic E-state index is 11.0. The van der Waals surface area contributed by atoms with Crippen molar-refractivity contribution in [1.82, 2.24) is 14.8 Å². The summed E-state index contributed by atoms with van der Waals surface area (Å²) in [6, 6.07) is 1.81. The highest BCUT2D eigenvalue weighted by atomic mass is 16.3. The first kappa shape index (κ1) is 14.3. The van der Waals surface area contributed by atoms with Gasteiger partial charge in [-0.05, 0) is 32.4 Å². The third kappa shape index (κ3) is 3.24. The van der Waals surface area contributed by atoms with Gasteiger partial charge in [0, 0.05) is 0 Å². The summed E-state index contributed by atoms with van der Waals surface area (Å²) in [6.45, 7) is 5.45.